The second-order valence-corrected chi connectivity index (χ2v) is 5.20. The molecule has 1 N–H and O–H groups in total. The van der Waals surface area contributed by atoms with Gasteiger partial charge in [-0.05, 0) is 13.3 Å². The van der Waals surface area contributed by atoms with Crippen LogP contribution in [0, 0.1) is 12.8 Å². The molecule has 2 amide bonds. The number of nitrogens with zero attached hydrogens (tertiary/aromatic N) is 2. The molecule has 1 atom stereocenters. The van der Waals surface area contributed by atoms with Crippen molar-refractivity contribution in [1.29, 1.82) is 0 Å². The van der Waals surface area contributed by atoms with E-state index in [1.54, 1.807) is 13.0 Å². The smallest absolute Gasteiger partial charge is 0.229 e. The lowest BCUT2D eigenvalue weighted by Gasteiger charge is -2.12. The average Bonchev–Trinajstić information content (AvgIpc) is 3.00. The minimum atomic E-state index is -0.291. The van der Waals surface area contributed by atoms with E-state index in [1.165, 1.54) is 4.90 Å². The van der Waals surface area contributed by atoms with Crippen LogP contribution in [-0.2, 0) is 9.59 Å². The van der Waals surface area contributed by atoms with E-state index in [0.717, 1.165) is 19.3 Å². The molecule has 1 unspecified atom stereocenters. The Bertz CT molecular complexity index is 484. The summed E-state index contributed by atoms with van der Waals surface area (Å²) < 4.78 is 4.97. The maximum absolute atomic E-state index is 12.0. The first-order chi connectivity index (χ1) is 9.61. The Morgan fingerprint density at radius 1 is 1.55 bits per heavy atom. The van der Waals surface area contributed by atoms with Crippen LogP contribution in [-0.4, -0.2) is 30.1 Å². The number of unbranched alkanes of at least 4 members (excludes halogenated alkanes) is 2. The van der Waals surface area contributed by atoms with Gasteiger partial charge in [0.1, 0.15) is 5.76 Å². The van der Waals surface area contributed by atoms with Crippen LogP contribution in [0.1, 0.15) is 38.4 Å². The highest BCUT2D eigenvalue weighted by Gasteiger charge is 2.36. The van der Waals surface area contributed by atoms with E-state index in [4.69, 9.17) is 4.52 Å². The van der Waals surface area contributed by atoms with Crippen LogP contribution in [0.5, 0.6) is 0 Å². The Labute approximate surface area is 118 Å². The van der Waals surface area contributed by atoms with Crippen LogP contribution >= 0.6 is 0 Å². The van der Waals surface area contributed by atoms with Gasteiger partial charge < -0.3 is 9.84 Å². The number of amides is 2. The van der Waals surface area contributed by atoms with Crippen molar-refractivity contribution in [3.8, 4) is 0 Å². The van der Waals surface area contributed by atoms with Crippen molar-refractivity contribution in [2.75, 3.05) is 18.0 Å². The number of carbonyl (C=O) groups excluding carboxylic acids is 2. The van der Waals surface area contributed by atoms with E-state index in [0.29, 0.717) is 24.7 Å². The summed E-state index contributed by atoms with van der Waals surface area (Å²) in [5.74, 6) is 0.736. The minimum absolute atomic E-state index is 0.0443. The lowest BCUT2D eigenvalue weighted by molar-refractivity contribution is -0.126. The fourth-order valence-electron chi connectivity index (χ4n) is 2.32. The van der Waals surface area contributed by atoms with Crippen molar-refractivity contribution in [1.82, 2.24) is 10.5 Å². The zero-order valence-electron chi connectivity index (χ0n) is 12.0. The van der Waals surface area contributed by atoms with Crippen molar-refractivity contribution < 1.29 is 14.1 Å². The zero-order chi connectivity index (χ0) is 14.5. The van der Waals surface area contributed by atoms with Crippen molar-refractivity contribution in [2.24, 2.45) is 5.92 Å². The molecule has 0 aromatic carbocycles. The third-order valence-corrected chi connectivity index (χ3v) is 3.47. The molecule has 0 spiro atoms. The summed E-state index contributed by atoms with van der Waals surface area (Å²) in [6.45, 7) is 4.95. The first kappa shape index (κ1) is 14.6. The number of anilines is 1. The number of rotatable bonds is 6. The number of aromatic nitrogens is 1. The van der Waals surface area contributed by atoms with Gasteiger partial charge in [-0.1, -0.05) is 24.9 Å². The van der Waals surface area contributed by atoms with Crippen molar-refractivity contribution >= 4 is 17.6 Å². The maximum Gasteiger partial charge on any atom is 0.229 e. The average molecular weight is 279 g/mol. The van der Waals surface area contributed by atoms with Gasteiger partial charge in [-0.25, -0.2) is 0 Å². The first-order valence-corrected chi connectivity index (χ1v) is 7.13. The fourth-order valence-corrected chi connectivity index (χ4v) is 2.32. The van der Waals surface area contributed by atoms with Gasteiger partial charge in [0, 0.05) is 25.6 Å². The number of hydrogen-bond donors (Lipinski definition) is 1. The van der Waals surface area contributed by atoms with E-state index in [2.05, 4.69) is 17.4 Å². The molecule has 110 valence electrons. The molecule has 0 saturated carbocycles. The highest BCUT2D eigenvalue weighted by molar-refractivity contribution is 5.99. The first-order valence-electron chi connectivity index (χ1n) is 7.13. The molecule has 0 radical (unpaired) electrons. The van der Waals surface area contributed by atoms with Gasteiger partial charge in [0.2, 0.25) is 11.8 Å². The molecule has 1 aromatic heterocycles. The van der Waals surface area contributed by atoms with Crippen LogP contribution in [0.3, 0.4) is 0 Å². The van der Waals surface area contributed by atoms with Crippen LogP contribution in [0.15, 0.2) is 10.6 Å². The fraction of sp³-hybridized carbons (Fsp3) is 0.643. The normalized spacial score (nSPS) is 18.6. The van der Waals surface area contributed by atoms with E-state index in [-0.39, 0.29) is 24.2 Å². The summed E-state index contributed by atoms with van der Waals surface area (Å²) in [4.78, 5) is 25.5. The molecule has 0 bridgehead atoms. The summed E-state index contributed by atoms with van der Waals surface area (Å²) in [6.07, 6.45) is 3.45. The standard InChI is InChI=1S/C14H21N3O3/c1-3-4-5-6-15-14(19)11-8-13(18)17(9-11)12-7-10(2)20-16-12/h7,11H,3-6,8-9H2,1-2H3,(H,15,19). The third-order valence-electron chi connectivity index (χ3n) is 3.47. The molecule has 0 aliphatic carbocycles. The van der Waals surface area contributed by atoms with Gasteiger partial charge in [-0.2, -0.15) is 0 Å². The van der Waals surface area contributed by atoms with Crippen molar-refractivity contribution in [2.45, 2.75) is 39.5 Å². The molecular weight excluding hydrogens is 258 g/mol. The Morgan fingerprint density at radius 3 is 3.00 bits per heavy atom. The second kappa shape index (κ2) is 6.54. The summed E-state index contributed by atoms with van der Waals surface area (Å²) in [6, 6.07) is 1.71. The molecule has 1 aromatic rings. The van der Waals surface area contributed by atoms with Crippen molar-refractivity contribution in [3.05, 3.63) is 11.8 Å². The number of nitrogens with one attached hydrogen (secondary N) is 1. The molecule has 1 saturated heterocycles. The van der Waals surface area contributed by atoms with Gasteiger partial charge >= 0.3 is 0 Å². The Balaban J connectivity index is 1.87. The lowest BCUT2D eigenvalue weighted by atomic mass is 10.1. The lowest BCUT2D eigenvalue weighted by Crippen LogP contribution is -2.33. The van der Waals surface area contributed by atoms with Gasteiger partial charge in [0.15, 0.2) is 5.82 Å². The number of aryl methyl sites for hydroxylation is 1. The van der Waals surface area contributed by atoms with E-state index < -0.39 is 0 Å². The molecule has 2 heterocycles. The number of carbonyl (C=O) groups is 2. The molecular formula is C14H21N3O3. The van der Waals surface area contributed by atoms with Crippen LogP contribution in [0.2, 0.25) is 0 Å². The monoisotopic (exact) mass is 279 g/mol. The topological polar surface area (TPSA) is 75.4 Å². The SMILES string of the molecule is CCCCCNC(=O)C1CC(=O)N(c2cc(C)on2)C1. The summed E-state index contributed by atoms with van der Waals surface area (Å²) in [5, 5.41) is 6.72. The highest BCUT2D eigenvalue weighted by Crippen LogP contribution is 2.24. The minimum Gasteiger partial charge on any atom is -0.360 e. The zero-order valence-corrected chi connectivity index (χ0v) is 12.0. The van der Waals surface area contributed by atoms with Gasteiger partial charge in [-0.3, -0.25) is 14.5 Å². The summed E-state index contributed by atoms with van der Waals surface area (Å²) in [7, 11) is 0. The second-order valence-electron chi connectivity index (χ2n) is 5.20. The largest absolute Gasteiger partial charge is 0.360 e. The third kappa shape index (κ3) is 3.37. The van der Waals surface area contributed by atoms with E-state index >= 15 is 0 Å². The number of hydrogen-bond acceptors (Lipinski definition) is 4. The molecule has 1 fully saturated rings. The Hall–Kier alpha value is -1.85. The van der Waals surface area contributed by atoms with E-state index in [9.17, 15) is 9.59 Å². The molecule has 6 nitrogen and oxygen atoms in total. The van der Waals surface area contributed by atoms with Gasteiger partial charge in [0.25, 0.3) is 0 Å². The van der Waals surface area contributed by atoms with Crippen LogP contribution in [0.25, 0.3) is 0 Å². The summed E-state index contributed by atoms with van der Waals surface area (Å²) >= 11 is 0. The highest BCUT2D eigenvalue weighted by atomic mass is 16.5. The quantitative estimate of drug-likeness (QED) is 0.803. The Morgan fingerprint density at radius 2 is 2.35 bits per heavy atom. The molecule has 1 aliphatic rings. The predicted octanol–water partition coefficient (Wildman–Crippen LogP) is 1.64. The molecule has 1 aliphatic heterocycles. The van der Waals surface area contributed by atoms with Crippen LogP contribution < -0.4 is 10.2 Å². The summed E-state index contributed by atoms with van der Waals surface area (Å²) in [5.41, 5.74) is 0. The van der Waals surface area contributed by atoms with Crippen molar-refractivity contribution in [3.63, 3.8) is 0 Å². The van der Waals surface area contributed by atoms with Crippen LogP contribution in [0.4, 0.5) is 5.82 Å². The molecule has 6 heteroatoms. The maximum atomic E-state index is 12.0. The van der Waals surface area contributed by atoms with Gasteiger partial charge in [0.05, 0.1) is 5.92 Å². The molecule has 20 heavy (non-hydrogen) atoms. The Kier molecular flexibility index (Phi) is 4.76. The molecule has 2 rings (SSSR count). The van der Waals surface area contributed by atoms with Gasteiger partial charge in [-0.15, -0.1) is 0 Å². The van der Waals surface area contributed by atoms with E-state index in [1.807, 2.05) is 0 Å². The predicted molar refractivity (Wildman–Crippen MR) is 74.2 cm³/mol.